The van der Waals surface area contributed by atoms with Crippen molar-refractivity contribution in [1.29, 1.82) is 5.26 Å². The molecular weight excluding hydrogens is 347 g/mol. The maximum absolute atomic E-state index is 12.5. The Bertz CT molecular complexity index is 540. The quantitative estimate of drug-likeness (QED) is 0.606. The zero-order valence-corrected chi connectivity index (χ0v) is 11.9. The average Bonchev–Trinajstić information content (AvgIpc) is 2.27. The summed E-state index contributed by atoms with van der Waals surface area (Å²) in [7, 11) is 0. The van der Waals surface area contributed by atoms with Crippen molar-refractivity contribution in [3.05, 3.63) is 27.7 Å². The van der Waals surface area contributed by atoms with E-state index in [1.807, 2.05) is 0 Å². The first-order valence-electron chi connectivity index (χ1n) is 4.95. The number of carbonyl (C=O) groups excluding carboxylic acids is 1. The molecule has 3 nitrogen and oxygen atoms in total. The Balaban J connectivity index is 3.39. The fourth-order valence-corrected chi connectivity index (χ4v) is 2.55. The number of benzene rings is 1. The summed E-state index contributed by atoms with van der Waals surface area (Å²) in [5.74, 6) is -0.891. The van der Waals surface area contributed by atoms with E-state index >= 15 is 0 Å². The van der Waals surface area contributed by atoms with Gasteiger partial charge in [-0.25, -0.2) is 4.79 Å². The molecule has 0 heterocycles. The van der Waals surface area contributed by atoms with Crippen LogP contribution in [0.25, 0.3) is 0 Å². The average molecular weight is 354 g/mol. The Labute approximate surface area is 119 Å². The molecule has 0 saturated carbocycles. The lowest BCUT2D eigenvalue weighted by molar-refractivity contribution is -0.0328. The topological polar surface area (TPSA) is 50.1 Å². The van der Waals surface area contributed by atoms with Gasteiger partial charge in [-0.2, -0.15) is 18.4 Å². The van der Waals surface area contributed by atoms with Crippen LogP contribution in [0.15, 0.2) is 21.5 Å². The molecule has 0 radical (unpaired) electrons. The van der Waals surface area contributed by atoms with Crippen molar-refractivity contribution in [2.75, 3.05) is 6.61 Å². The summed E-state index contributed by atoms with van der Waals surface area (Å²) in [6, 6.07) is 4.18. The van der Waals surface area contributed by atoms with Crippen LogP contribution in [-0.2, 0) is 4.74 Å². The number of nitriles is 1. The van der Waals surface area contributed by atoms with Gasteiger partial charge in [0.05, 0.1) is 17.7 Å². The van der Waals surface area contributed by atoms with Crippen LogP contribution < -0.4 is 0 Å². The number of nitrogens with zero attached hydrogens (tertiary/aromatic N) is 1. The third kappa shape index (κ3) is 4.14. The van der Waals surface area contributed by atoms with Crippen molar-refractivity contribution in [3.8, 4) is 6.07 Å². The van der Waals surface area contributed by atoms with Crippen LogP contribution in [-0.4, -0.2) is 18.1 Å². The van der Waals surface area contributed by atoms with Gasteiger partial charge in [-0.3, -0.25) is 0 Å². The molecule has 0 aromatic heterocycles. The van der Waals surface area contributed by atoms with Crippen molar-refractivity contribution in [2.45, 2.75) is 17.3 Å². The van der Waals surface area contributed by atoms with E-state index in [1.54, 1.807) is 13.0 Å². The predicted octanol–water partition coefficient (Wildman–Crippen LogP) is 4.11. The molecule has 0 unspecified atom stereocenters. The number of hydrogen-bond acceptors (Lipinski definition) is 4. The first kappa shape index (κ1) is 15.9. The molecular formula is C11H7BrF3NO2S. The summed E-state index contributed by atoms with van der Waals surface area (Å²) in [4.78, 5) is 11.1. The van der Waals surface area contributed by atoms with Gasteiger partial charge in [-0.15, -0.1) is 0 Å². The van der Waals surface area contributed by atoms with Crippen molar-refractivity contribution in [1.82, 2.24) is 0 Å². The largest absolute Gasteiger partial charge is 0.462 e. The van der Waals surface area contributed by atoms with Crippen LogP contribution in [0.3, 0.4) is 0 Å². The molecule has 0 bridgehead atoms. The van der Waals surface area contributed by atoms with E-state index in [1.165, 1.54) is 12.1 Å². The number of hydrogen-bond donors (Lipinski definition) is 0. The van der Waals surface area contributed by atoms with Crippen molar-refractivity contribution in [3.63, 3.8) is 0 Å². The molecule has 1 rings (SSSR count). The van der Waals surface area contributed by atoms with Crippen LogP contribution in [0.1, 0.15) is 22.8 Å². The van der Waals surface area contributed by atoms with E-state index in [2.05, 4.69) is 20.7 Å². The second-order valence-electron chi connectivity index (χ2n) is 3.18. The molecule has 0 aliphatic carbocycles. The summed E-state index contributed by atoms with van der Waals surface area (Å²) in [5, 5.41) is 8.92. The second-order valence-corrected chi connectivity index (χ2v) is 5.11. The normalized spacial score (nSPS) is 10.9. The van der Waals surface area contributed by atoms with Crippen molar-refractivity contribution < 1.29 is 22.7 Å². The molecule has 8 heteroatoms. The lowest BCUT2D eigenvalue weighted by atomic mass is 10.1. The van der Waals surface area contributed by atoms with E-state index < -0.39 is 28.1 Å². The molecule has 0 aliphatic rings. The number of alkyl halides is 3. The van der Waals surface area contributed by atoms with Gasteiger partial charge >= 0.3 is 11.5 Å². The second kappa shape index (κ2) is 6.30. The number of halogens is 4. The third-order valence-corrected chi connectivity index (χ3v) is 3.45. The molecule has 102 valence electrons. The van der Waals surface area contributed by atoms with Gasteiger partial charge in [0.15, 0.2) is 0 Å². The van der Waals surface area contributed by atoms with E-state index in [4.69, 9.17) is 5.26 Å². The minimum absolute atomic E-state index is 0.0346. The van der Waals surface area contributed by atoms with E-state index in [0.29, 0.717) is 0 Å². The molecule has 0 spiro atoms. The molecule has 1 aromatic rings. The molecule has 0 saturated heterocycles. The van der Waals surface area contributed by atoms with Gasteiger partial charge in [0.1, 0.15) is 6.07 Å². The van der Waals surface area contributed by atoms with E-state index in [-0.39, 0.29) is 22.2 Å². The van der Waals surface area contributed by atoms with Crippen molar-refractivity contribution in [2.24, 2.45) is 0 Å². The van der Waals surface area contributed by atoms with Crippen LogP contribution in [0.2, 0.25) is 0 Å². The Hall–Kier alpha value is -1.20. The van der Waals surface area contributed by atoms with Crippen LogP contribution in [0.4, 0.5) is 13.2 Å². The van der Waals surface area contributed by atoms with Gasteiger partial charge in [-0.1, -0.05) is 0 Å². The maximum atomic E-state index is 12.5. The Morgan fingerprint density at radius 1 is 1.53 bits per heavy atom. The minimum Gasteiger partial charge on any atom is -0.462 e. The number of thioether (sulfide) groups is 1. The van der Waals surface area contributed by atoms with Crippen LogP contribution in [0, 0.1) is 11.3 Å². The summed E-state index contributed by atoms with van der Waals surface area (Å²) in [5.41, 5.74) is -5.12. The predicted molar refractivity (Wildman–Crippen MR) is 66.7 cm³/mol. The molecule has 0 N–H and O–H groups in total. The van der Waals surface area contributed by atoms with Gasteiger partial charge in [0, 0.05) is 9.37 Å². The first-order chi connectivity index (χ1) is 8.80. The molecule has 0 aliphatic heterocycles. The first-order valence-corrected chi connectivity index (χ1v) is 6.56. The zero-order chi connectivity index (χ0) is 14.6. The number of rotatable bonds is 3. The number of carbonyl (C=O) groups is 1. The Morgan fingerprint density at radius 2 is 2.16 bits per heavy atom. The van der Waals surface area contributed by atoms with Crippen LogP contribution in [0.5, 0.6) is 0 Å². The monoisotopic (exact) mass is 353 g/mol. The number of esters is 1. The lowest BCUT2D eigenvalue weighted by Gasteiger charge is -2.12. The zero-order valence-electron chi connectivity index (χ0n) is 9.55. The standard InChI is InChI=1S/C11H7BrF3NO2S/c1-2-18-10(17)6-3-4-8(12)7(5-16)9(6)19-11(13,14)15/h3-4H,2H2,1H3. The van der Waals surface area contributed by atoms with E-state index in [9.17, 15) is 18.0 Å². The van der Waals surface area contributed by atoms with Gasteiger partial charge < -0.3 is 4.74 Å². The highest BCUT2D eigenvalue weighted by Gasteiger charge is 2.34. The highest BCUT2D eigenvalue weighted by molar-refractivity contribution is 9.10. The lowest BCUT2D eigenvalue weighted by Crippen LogP contribution is -2.10. The minimum atomic E-state index is -4.60. The van der Waals surface area contributed by atoms with Gasteiger partial charge in [0.25, 0.3) is 0 Å². The molecule has 0 fully saturated rings. The highest BCUT2D eigenvalue weighted by Crippen LogP contribution is 2.42. The summed E-state index contributed by atoms with van der Waals surface area (Å²) in [6.07, 6.45) is 0. The highest BCUT2D eigenvalue weighted by atomic mass is 79.9. The summed E-state index contributed by atoms with van der Waals surface area (Å²) < 4.78 is 42.4. The SMILES string of the molecule is CCOC(=O)c1ccc(Br)c(C#N)c1SC(F)(F)F. The van der Waals surface area contributed by atoms with Gasteiger partial charge in [-0.05, 0) is 46.7 Å². The fraction of sp³-hybridized carbons (Fsp3) is 0.273. The molecule has 0 atom stereocenters. The summed E-state index contributed by atoms with van der Waals surface area (Å²) >= 11 is 2.48. The Morgan fingerprint density at radius 3 is 2.63 bits per heavy atom. The molecule has 1 aromatic carbocycles. The smallest absolute Gasteiger partial charge is 0.446 e. The van der Waals surface area contributed by atoms with Crippen molar-refractivity contribution >= 4 is 33.7 Å². The maximum Gasteiger partial charge on any atom is 0.446 e. The number of ether oxygens (including phenoxy) is 1. The molecule has 0 amide bonds. The summed E-state index contributed by atoms with van der Waals surface area (Å²) in [6.45, 7) is 1.57. The molecule has 19 heavy (non-hydrogen) atoms. The van der Waals surface area contributed by atoms with E-state index in [0.717, 1.165) is 0 Å². The fourth-order valence-electron chi connectivity index (χ4n) is 1.25. The Kier molecular flexibility index (Phi) is 5.26. The van der Waals surface area contributed by atoms with Gasteiger partial charge in [0.2, 0.25) is 0 Å². The van der Waals surface area contributed by atoms with Crippen LogP contribution >= 0.6 is 27.7 Å². The third-order valence-electron chi connectivity index (χ3n) is 1.93.